The summed E-state index contributed by atoms with van der Waals surface area (Å²) >= 11 is 0. The fourth-order valence-corrected chi connectivity index (χ4v) is 3.49. The zero-order chi connectivity index (χ0) is 8.34. The van der Waals surface area contributed by atoms with Crippen LogP contribution in [0.3, 0.4) is 0 Å². The van der Waals surface area contributed by atoms with E-state index in [1.54, 1.807) is 0 Å². The van der Waals surface area contributed by atoms with Crippen LogP contribution in [0.4, 0.5) is 0 Å². The quantitative estimate of drug-likeness (QED) is 0.490. The van der Waals surface area contributed by atoms with E-state index in [4.69, 9.17) is 5.26 Å². The van der Waals surface area contributed by atoms with Crippen molar-refractivity contribution >= 4 is 0 Å². The number of nitrogens with one attached hydrogen (secondary N) is 1. The van der Waals surface area contributed by atoms with Crippen molar-refractivity contribution in [1.29, 1.82) is 5.26 Å². The highest BCUT2D eigenvalue weighted by Gasteiger charge is 2.64. The average molecular weight is 164 g/mol. The summed E-state index contributed by atoms with van der Waals surface area (Å²) in [5.74, 6) is 1.57. The van der Waals surface area contributed by atoms with E-state index < -0.39 is 5.60 Å². The molecule has 5 atom stereocenters. The normalized spacial score (nSPS) is 60.7. The molecule has 0 aromatic heterocycles. The van der Waals surface area contributed by atoms with Gasteiger partial charge >= 0.3 is 0 Å². The fraction of sp³-hybridized carbons (Fsp3) is 0.889. The number of hydrogen-bond donors (Lipinski definition) is 2. The highest BCUT2D eigenvalue weighted by Crippen LogP contribution is 2.56. The number of aliphatic hydroxyl groups is 1. The van der Waals surface area contributed by atoms with Gasteiger partial charge in [-0.2, -0.15) is 5.26 Å². The molecule has 2 aliphatic carbocycles. The van der Waals surface area contributed by atoms with Gasteiger partial charge in [-0.1, -0.05) is 0 Å². The lowest BCUT2D eigenvalue weighted by Gasteiger charge is -2.30. The van der Waals surface area contributed by atoms with E-state index in [0.29, 0.717) is 5.92 Å². The number of rotatable bonds is 0. The minimum atomic E-state index is -1.04. The Hall–Kier alpha value is -0.590. The summed E-state index contributed by atoms with van der Waals surface area (Å²) in [4.78, 5) is 0. The standard InChI is InChI=1S/C9H12N2O/c10-4-9(12)6-1-5-3-11-8(9)7(5)2-6/h5-8,11-12H,1-3H2. The van der Waals surface area contributed by atoms with Crippen molar-refractivity contribution in [2.45, 2.75) is 24.5 Å². The molecule has 2 saturated carbocycles. The van der Waals surface area contributed by atoms with Crippen LogP contribution in [0.25, 0.3) is 0 Å². The summed E-state index contributed by atoms with van der Waals surface area (Å²) in [5.41, 5.74) is -1.04. The first kappa shape index (κ1) is 6.88. The summed E-state index contributed by atoms with van der Waals surface area (Å²) in [6, 6.07) is 2.17. The van der Waals surface area contributed by atoms with Gasteiger partial charge in [0, 0.05) is 5.92 Å². The van der Waals surface area contributed by atoms with Crippen molar-refractivity contribution in [3.63, 3.8) is 0 Å². The predicted octanol–water partition coefficient (Wildman–Crippen LogP) is -0.131. The van der Waals surface area contributed by atoms with E-state index in [1.165, 1.54) is 0 Å². The zero-order valence-corrected chi connectivity index (χ0v) is 6.83. The lowest BCUT2D eigenvalue weighted by atomic mass is 9.79. The summed E-state index contributed by atoms with van der Waals surface area (Å²) < 4.78 is 0. The van der Waals surface area contributed by atoms with E-state index in [1.807, 2.05) is 0 Å². The number of nitrogens with zero attached hydrogens (tertiary/aromatic N) is 1. The molecule has 1 heterocycles. The van der Waals surface area contributed by atoms with Crippen molar-refractivity contribution in [2.75, 3.05) is 6.54 Å². The molecule has 0 spiro atoms. The SMILES string of the molecule is N#CC1(O)C2CC3CNC1C3C2. The smallest absolute Gasteiger partial charge is 0.169 e. The molecule has 1 saturated heterocycles. The lowest BCUT2D eigenvalue weighted by molar-refractivity contribution is 0.0212. The third kappa shape index (κ3) is 0.531. The lowest BCUT2D eigenvalue weighted by Crippen LogP contribution is -2.49. The summed E-state index contributed by atoms with van der Waals surface area (Å²) in [6.07, 6.45) is 2.12. The summed E-state index contributed by atoms with van der Waals surface area (Å²) in [7, 11) is 0. The van der Waals surface area contributed by atoms with Crippen LogP contribution in [0.1, 0.15) is 12.8 Å². The highest BCUT2D eigenvalue weighted by molar-refractivity contribution is 5.25. The molecule has 64 valence electrons. The fourth-order valence-electron chi connectivity index (χ4n) is 3.49. The molecule has 0 amide bonds. The van der Waals surface area contributed by atoms with E-state index >= 15 is 0 Å². The van der Waals surface area contributed by atoms with Gasteiger partial charge in [-0.25, -0.2) is 0 Å². The van der Waals surface area contributed by atoms with Crippen LogP contribution >= 0.6 is 0 Å². The topological polar surface area (TPSA) is 56.0 Å². The van der Waals surface area contributed by atoms with Crippen LogP contribution in [-0.4, -0.2) is 23.3 Å². The maximum Gasteiger partial charge on any atom is 0.169 e. The molecule has 2 bridgehead atoms. The number of nitriles is 1. The van der Waals surface area contributed by atoms with Crippen molar-refractivity contribution in [2.24, 2.45) is 17.8 Å². The molecule has 3 heteroatoms. The minimum Gasteiger partial charge on any atom is -0.373 e. The molecule has 0 aromatic carbocycles. The maximum atomic E-state index is 10.1. The molecule has 3 fully saturated rings. The maximum absolute atomic E-state index is 10.1. The van der Waals surface area contributed by atoms with Gasteiger partial charge in [-0.15, -0.1) is 0 Å². The number of hydrogen-bond acceptors (Lipinski definition) is 3. The van der Waals surface area contributed by atoms with Gasteiger partial charge in [0.15, 0.2) is 5.60 Å². The predicted molar refractivity (Wildman–Crippen MR) is 42.1 cm³/mol. The Morgan fingerprint density at radius 2 is 2.33 bits per heavy atom. The monoisotopic (exact) mass is 164 g/mol. The average Bonchev–Trinajstić information content (AvgIpc) is 2.62. The molecular formula is C9H12N2O. The largest absolute Gasteiger partial charge is 0.373 e. The zero-order valence-electron chi connectivity index (χ0n) is 6.83. The number of fused-ring (bicyclic) bond motifs is 1. The molecule has 3 nitrogen and oxygen atoms in total. The second-order valence-electron chi connectivity index (χ2n) is 4.42. The van der Waals surface area contributed by atoms with Gasteiger partial charge in [-0.3, -0.25) is 0 Å². The Morgan fingerprint density at radius 3 is 3.08 bits per heavy atom. The Morgan fingerprint density at radius 1 is 1.50 bits per heavy atom. The van der Waals surface area contributed by atoms with Crippen molar-refractivity contribution in [3.8, 4) is 6.07 Å². The van der Waals surface area contributed by atoms with Gasteiger partial charge in [0.25, 0.3) is 0 Å². The molecule has 0 aromatic rings. The van der Waals surface area contributed by atoms with Crippen molar-refractivity contribution in [1.82, 2.24) is 5.32 Å². The van der Waals surface area contributed by atoms with E-state index in [2.05, 4.69) is 11.4 Å². The summed E-state index contributed by atoms with van der Waals surface area (Å²) in [5, 5.41) is 22.3. The first-order chi connectivity index (χ1) is 5.75. The molecule has 0 radical (unpaired) electrons. The van der Waals surface area contributed by atoms with Gasteiger partial charge in [0.2, 0.25) is 0 Å². The van der Waals surface area contributed by atoms with Crippen LogP contribution in [0.2, 0.25) is 0 Å². The van der Waals surface area contributed by atoms with E-state index in [9.17, 15) is 5.11 Å². The van der Waals surface area contributed by atoms with Gasteiger partial charge < -0.3 is 10.4 Å². The van der Waals surface area contributed by atoms with Crippen LogP contribution in [0, 0.1) is 29.1 Å². The summed E-state index contributed by atoms with van der Waals surface area (Å²) in [6.45, 7) is 1.01. The Labute approximate surface area is 71.4 Å². The van der Waals surface area contributed by atoms with Gasteiger partial charge in [0.05, 0.1) is 12.1 Å². The van der Waals surface area contributed by atoms with Crippen LogP contribution in [0.5, 0.6) is 0 Å². The third-order valence-corrected chi connectivity index (χ3v) is 4.05. The van der Waals surface area contributed by atoms with Crippen LogP contribution < -0.4 is 5.32 Å². The second kappa shape index (κ2) is 1.84. The van der Waals surface area contributed by atoms with E-state index in [0.717, 1.165) is 25.3 Å². The third-order valence-electron chi connectivity index (χ3n) is 4.05. The Kier molecular flexibility index (Phi) is 1.05. The van der Waals surface area contributed by atoms with Crippen molar-refractivity contribution in [3.05, 3.63) is 0 Å². The molecule has 12 heavy (non-hydrogen) atoms. The molecule has 5 unspecified atom stereocenters. The van der Waals surface area contributed by atoms with E-state index in [-0.39, 0.29) is 12.0 Å². The second-order valence-corrected chi connectivity index (χ2v) is 4.42. The molecule has 3 aliphatic rings. The van der Waals surface area contributed by atoms with Crippen LogP contribution in [-0.2, 0) is 0 Å². The molecule has 2 N–H and O–H groups in total. The first-order valence-electron chi connectivity index (χ1n) is 4.62. The Balaban J connectivity index is 2.06. The van der Waals surface area contributed by atoms with Gasteiger partial charge in [0.1, 0.15) is 0 Å². The van der Waals surface area contributed by atoms with Gasteiger partial charge in [-0.05, 0) is 31.2 Å². The minimum absolute atomic E-state index is 0.0752. The molecule has 3 rings (SSSR count). The van der Waals surface area contributed by atoms with Crippen LogP contribution in [0.15, 0.2) is 0 Å². The molecular weight excluding hydrogens is 152 g/mol. The van der Waals surface area contributed by atoms with Crippen molar-refractivity contribution < 1.29 is 5.11 Å². The molecule has 1 aliphatic heterocycles. The Bertz CT molecular complexity index is 270. The highest BCUT2D eigenvalue weighted by atomic mass is 16.3. The first-order valence-corrected chi connectivity index (χ1v) is 4.62.